The van der Waals surface area contributed by atoms with Crippen LogP contribution in [0.3, 0.4) is 0 Å². The summed E-state index contributed by atoms with van der Waals surface area (Å²) in [7, 11) is 6.90. The summed E-state index contributed by atoms with van der Waals surface area (Å²) in [6, 6.07) is 0. The molecule has 0 aliphatic carbocycles. The van der Waals surface area contributed by atoms with Gasteiger partial charge in [0.2, 0.25) is 0 Å². The number of hydrogen-bond donors (Lipinski definition) is 1. The van der Waals surface area contributed by atoms with Crippen LogP contribution in [0.1, 0.15) is 245 Å². The van der Waals surface area contributed by atoms with Crippen molar-refractivity contribution in [2.45, 2.75) is 245 Å². The van der Waals surface area contributed by atoms with E-state index in [-0.39, 0.29) is 0 Å². The van der Waals surface area contributed by atoms with Gasteiger partial charge in [0, 0.05) is 6.42 Å². The summed E-state index contributed by atoms with van der Waals surface area (Å²) < 4.78 is 1.12. The third-order valence-electron chi connectivity index (χ3n) is 9.68. The Labute approximate surface area is 292 Å². The largest absolute Gasteiger partial charge is 0.481 e. The maximum Gasteiger partial charge on any atom is 0.303 e. The third kappa shape index (κ3) is 50.3. The van der Waals surface area contributed by atoms with Gasteiger partial charge in [0.25, 0.3) is 0 Å². The van der Waals surface area contributed by atoms with Gasteiger partial charge in [-0.3, -0.25) is 4.79 Å². The normalized spacial score (nSPS) is 11.5. The molecule has 0 aromatic heterocycles. The molecule has 0 radical (unpaired) electrons. The highest BCUT2D eigenvalue weighted by Crippen LogP contribution is 2.16. The van der Waals surface area contributed by atoms with Crippen LogP contribution in [0.25, 0.3) is 0 Å². The lowest BCUT2D eigenvalue weighted by molar-refractivity contribution is -0.870. The lowest BCUT2D eigenvalue weighted by Gasteiger charge is -2.23. The fourth-order valence-electron chi connectivity index (χ4n) is 6.49. The first-order valence-corrected chi connectivity index (χ1v) is 21.4. The van der Waals surface area contributed by atoms with Crippen LogP contribution in [0, 0.1) is 0 Å². The Balaban J connectivity index is 0. The molecule has 0 amide bonds. The summed E-state index contributed by atoms with van der Waals surface area (Å²) in [5.74, 6) is -0.653. The monoisotopic (exact) mass is 653 g/mol. The van der Waals surface area contributed by atoms with Gasteiger partial charge in [-0.2, -0.15) is 0 Å². The van der Waals surface area contributed by atoms with E-state index in [1.807, 2.05) is 0 Å². The molecule has 46 heavy (non-hydrogen) atoms. The lowest BCUT2D eigenvalue weighted by atomic mass is 10.0. The summed E-state index contributed by atoms with van der Waals surface area (Å²) in [5, 5.41) is 8.52. The highest BCUT2D eigenvalue weighted by Gasteiger charge is 2.05. The zero-order chi connectivity index (χ0) is 34.2. The van der Waals surface area contributed by atoms with E-state index < -0.39 is 5.97 Å². The molecule has 0 aromatic rings. The van der Waals surface area contributed by atoms with Crippen molar-refractivity contribution in [2.24, 2.45) is 0 Å². The topological polar surface area (TPSA) is 37.3 Å². The minimum Gasteiger partial charge on any atom is -0.481 e. The number of carbonyl (C=O) groups is 1. The molecule has 1 N–H and O–H groups in total. The highest BCUT2D eigenvalue weighted by molar-refractivity contribution is 5.66. The van der Waals surface area contributed by atoms with Gasteiger partial charge < -0.3 is 9.59 Å². The molecule has 0 aromatic carbocycles. The second-order valence-electron chi connectivity index (χ2n) is 15.8. The van der Waals surface area contributed by atoms with Gasteiger partial charge in [-0.25, -0.2) is 0 Å². The fourth-order valence-corrected chi connectivity index (χ4v) is 6.49. The number of quaternary nitrogens is 1. The predicted octanol–water partition coefficient (Wildman–Crippen LogP) is 14.8. The SMILES string of the molecule is CCCCCCCCCCCCCCCCCC(=O)O.CCCCCCCCCCCCCCCCCCCCCC[N+](C)(C)C. The van der Waals surface area contributed by atoms with Crippen LogP contribution >= 0.6 is 0 Å². The Bertz CT molecular complexity index is 555. The second-order valence-corrected chi connectivity index (χ2v) is 15.8. The van der Waals surface area contributed by atoms with Crippen LogP contribution in [0.2, 0.25) is 0 Å². The van der Waals surface area contributed by atoms with Crippen LogP contribution < -0.4 is 0 Å². The average molecular weight is 653 g/mol. The number of nitrogens with zero attached hydrogens (tertiary/aromatic N) is 1. The van der Waals surface area contributed by atoms with E-state index in [0.29, 0.717) is 6.42 Å². The summed E-state index contributed by atoms with van der Waals surface area (Å²) in [5.41, 5.74) is 0. The molecule has 0 spiro atoms. The first kappa shape index (κ1) is 47.5. The van der Waals surface area contributed by atoms with Crippen molar-refractivity contribution >= 4 is 5.97 Å². The molecule has 3 heteroatoms. The first-order chi connectivity index (χ1) is 22.3. The van der Waals surface area contributed by atoms with E-state index in [4.69, 9.17) is 5.11 Å². The van der Waals surface area contributed by atoms with Crippen molar-refractivity contribution < 1.29 is 14.4 Å². The maximum absolute atomic E-state index is 10.3. The molecule has 0 aliphatic heterocycles. The van der Waals surface area contributed by atoms with E-state index >= 15 is 0 Å². The lowest BCUT2D eigenvalue weighted by Crippen LogP contribution is -2.35. The summed E-state index contributed by atoms with van der Waals surface area (Å²) in [4.78, 5) is 10.3. The Kier molecular flexibility index (Phi) is 42.0. The Morgan fingerprint density at radius 2 is 0.543 bits per heavy atom. The molecular formula is C43H90NO2+. The van der Waals surface area contributed by atoms with Gasteiger partial charge in [0.1, 0.15) is 0 Å². The molecular weight excluding hydrogens is 562 g/mol. The van der Waals surface area contributed by atoms with Crippen LogP contribution in [0.4, 0.5) is 0 Å². The minimum absolute atomic E-state index is 0.345. The first-order valence-electron chi connectivity index (χ1n) is 21.4. The van der Waals surface area contributed by atoms with Gasteiger partial charge in [-0.1, -0.05) is 219 Å². The van der Waals surface area contributed by atoms with Gasteiger partial charge in [-0.05, 0) is 19.3 Å². The number of unbranched alkanes of at least 4 members (excludes halogenated alkanes) is 33. The highest BCUT2D eigenvalue weighted by atomic mass is 16.4. The third-order valence-corrected chi connectivity index (χ3v) is 9.68. The van der Waals surface area contributed by atoms with Crippen molar-refractivity contribution in [3.05, 3.63) is 0 Å². The number of carboxylic acid groups (broad SMARTS) is 1. The maximum atomic E-state index is 10.3. The molecule has 0 fully saturated rings. The van der Waals surface area contributed by atoms with Crippen LogP contribution in [0.5, 0.6) is 0 Å². The number of aliphatic carboxylic acids is 1. The van der Waals surface area contributed by atoms with E-state index in [0.717, 1.165) is 17.3 Å². The molecule has 278 valence electrons. The number of carboxylic acids is 1. The van der Waals surface area contributed by atoms with Gasteiger partial charge in [0.05, 0.1) is 27.7 Å². The number of hydrogen-bond acceptors (Lipinski definition) is 1. The van der Waals surface area contributed by atoms with Crippen LogP contribution in [-0.2, 0) is 4.79 Å². The molecule has 0 heterocycles. The van der Waals surface area contributed by atoms with Crippen molar-refractivity contribution in [3.63, 3.8) is 0 Å². The van der Waals surface area contributed by atoms with E-state index in [9.17, 15) is 4.79 Å². The quantitative estimate of drug-likeness (QED) is 0.0535. The van der Waals surface area contributed by atoms with Gasteiger partial charge >= 0.3 is 5.97 Å². The zero-order valence-electron chi connectivity index (χ0n) is 33.0. The average Bonchev–Trinajstić information content (AvgIpc) is 3.01. The predicted molar refractivity (Wildman–Crippen MR) is 208 cm³/mol. The fraction of sp³-hybridized carbons (Fsp3) is 0.977. The van der Waals surface area contributed by atoms with Crippen molar-refractivity contribution in [3.8, 4) is 0 Å². The van der Waals surface area contributed by atoms with Crippen molar-refractivity contribution in [1.29, 1.82) is 0 Å². The summed E-state index contributed by atoms with van der Waals surface area (Å²) >= 11 is 0. The van der Waals surface area contributed by atoms with E-state index in [2.05, 4.69) is 35.0 Å². The van der Waals surface area contributed by atoms with E-state index in [1.54, 1.807) is 0 Å². The molecule has 0 aliphatic rings. The minimum atomic E-state index is -0.653. The molecule has 0 atom stereocenters. The van der Waals surface area contributed by atoms with Crippen molar-refractivity contribution in [1.82, 2.24) is 0 Å². The molecule has 0 unspecified atom stereocenters. The van der Waals surface area contributed by atoms with Crippen LogP contribution in [-0.4, -0.2) is 43.2 Å². The van der Waals surface area contributed by atoms with Gasteiger partial charge in [-0.15, -0.1) is 0 Å². The standard InChI is InChI=1S/C25H54N.C18H36O2/c1-5-6-7-8-9-10-11-12-13-14-15-16-17-18-19-20-21-22-23-24-25-26(2,3)4;1-2-3-4-5-6-7-8-9-10-11-12-13-14-15-16-17-18(19)20/h5-25H2,1-4H3;2-17H2,1H3,(H,19,20)/q+1;. The van der Waals surface area contributed by atoms with Crippen molar-refractivity contribution in [2.75, 3.05) is 27.7 Å². The smallest absolute Gasteiger partial charge is 0.303 e. The summed E-state index contributed by atoms with van der Waals surface area (Å²) in [6.45, 7) is 5.90. The molecule has 0 saturated heterocycles. The Morgan fingerprint density at radius 1 is 0.348 bits per heavy atom. The second kappa shape index (κ2) is 40.6. The summed E-state index contributed by atoms with van der Waals surface area (Å²) in [6.07, 6.45) is 49.5. The Morgan fingerprint density at radius 3 is 0.739 bits per heavy atom. The number of rotatable bonds is 37. The molecule has 3 nitrogen and oxygen atoms in total. The molecule has 0 rings (SSSR count). The molecule has 0 bridgehead atoms. The zero-order valence-corrected chi connectivity index (χ0v) is 33.0. The molecule has 0 saturated carbocycles. The van der Waals surface area contributed by atoms with Crippen LogP contribution in [0.15, 0.2) is 0 Å². The Hall–Kier alpha value is -0.570. The van der Waals surface area contributed by atoms with E-state index in [1.165, 1.54) is 218 Å². The van der Waals surface area contributed by atoms with Gasteiger partial charge in [0.15, 0.2) is 0 Å².